The minimum absolute atomic E-state index is 0.176. The van der Waals surface area contributed by atoms with Crippen molar-refractivity contribution in [2.24, 2.45) is 0 Å². The summed E-state index contributed by atoms with van der Waals surface area (Å²) < 4.78 is 79.6. The molecular formula is C34H42F4O6. The SMILES string of the molecule is C=CC(=O)OCCCCCCCCOc1ccc(-c2ccc(OCCCCCCCCOC(=O)C=C)c(F)c2F)c(F)c1F. The molecule has 242 valence electrons. The number of unbranched alkanes of at least 4 members (excludes halogenated alkanes) is 10. The lowest BCUT2D eigenvalue weighted by Crippen LogP contribution is -2.04. The van der Waals surface area contributed by atoms with Gasteiger partial charge in [-0.3, -0.25) is 0 Å². The minimum Gasteiger partial charge on any atom is -0.490 e. The molecule has 0 aliphatic rings. The molecule has 0 fully saturated rings. The van der Waals surface area contributed by atoms with Gasteiger partial charge in [0.25, 0.3) is 0 Å². The van der Waals surface area contributed by atoms with E-state index in [1.54, 1.807) is 0 Å². The van der Waals surface area contributed by atoms with Gasteiger partial charge in [0.1, 0.15) is 0 Å². The monoisotopic (exact) mass is 622 g/mol. The first kappa shape index (κ1) is 36.4. The molecule has 0 N–H and O–H groups in total. The highest BCUT2D eigenvalue weighted by Crippen LogP contribution is 2.34. The Balaban J connectivity index is 1.73. The Morgan fingerprint density at radius 2 is 0.818 bits per heavy atom. The van der Waals surface area contributed by atoms with Crippen LogP contribution >= 0.6 is 0 Å². The molecule has 44 heavy (non-hydrogen) atoms. The highest BCUT2D eigenvalue weighted by Gasteiger charge is 2.22. The third-order valence-electron chi connectivity index (χ3n) is 6.80. The van der Waals surface area contributed by atoms with Crippen LogP contribution < -0.4 is 9.47 Å². The van der Waals surface area contributed by atoms with Crippen molar-refractivity contribution in [3.05, 3.63) is 72.8 Å². The Kier molecular flexibility index (Phi) is 17.3. The molecule has 6 nitrogen and oxygen atoms in total. The molecule has 0 heterocycles. The van der Waals surface area contributed by atoms with Crippen LogP contribution in [0.2, 0.25) is 0 Å². The lowest BCUT2D eigenvalue weighted by molar-refractivity contribution is -0.138. The fraction of sp³-hybridized carbons (Fsp3) is 0.471. The lowest BCUT2D eigenvalue weighted by atomic mass is 10.0. The van der Waals surface area contributed by atoms with Crippen LogP contribution in [0.4, 0.5) is 17.6 Å². The maximum absolute atomic E-state index is 14.8. The molecule has 0 unspecified atom stereocenters. The molecule has 0 bridgehead atoms. The fourth-order valence-corrected chi connectivity index (χ4v) is 4.35. The number of esters is 2. The summed E-state index contributed by atoms with van der Waals surface area (Å²) in [5, 5.41) is 0. The Labute approximate surface area is 257 Å². The van der Waals surface area contributed by atoms with Gasteiger partial charge in [0.2, 0.25) is 11.6 Å². The number of rotatable bonds is 23. The van der Waals surface area contributed by atoms with Gasteiger partial charge in [0.05, 0.1) is 26.4 Å². The van der Waals surface area contributed by atoms with Gasteiger partial charge in [-0.2, -0.15) is 8.78 Å². The summed E-state index contributed by atoms with van der Waals surface area (Å²) in [6.07, 6.45) is 12.2. The van der Waals surface area contributed by atoms with E-state index in [-0.39, 0.29) is 24.7 Å². The summed E-state index contributed by atoms with van der Waals surface area (Å²) in [6.45, 7) is 7.72. The van der Waals surface area contributed by atoms with E-state index in [0.29, 0.717) is 26.1 Å². The Bertz CT molecular complexity index is 1120. The van der Waals surface area contributed by atoms with Gasteiger partial charge in [0.15, 0.2) is 23.1 Å². The van der Waals surface area contributed by atoms with E-state index in [2.05, 4.69) is 13.2 Å². The summed E-state index contributed by atoms with van der Waals surface area (Å²) in [5.74, 6) is -6.67. The Morgan fingerprint density at radius 1 is 0.500 bits per heavy atom. The zero-order valence-electron chi connectivity index (χ0n) is 25.2. The molecular weight excluding hydrogens is 580 g/mol. The average Bonchev–Trinajstić information content (AvgIpc) is 3.02. The van der Waals surface area contributed by atoms with Gasteiger partial charge < -0.3 is 18.9 Å². The molecule has 2 aromatic carbocycles. The molecule has 2 rings (SSSR count). The van der Waals surface area contributed by atoms with E-state index in [1.807, 2.05) is 0 Å². The smallest absolute Gasteiger partial charge is 0.330 e. The van der Waals surface area contributed by atoms with Crippen molar-refractivity contribution < 1.29 is 46.1 Å². The lowest BCUT2D eigenvalue weighted by Gasteiger charge is -2.13. The van der Waals surface area contributed by atoms with E-state index < -0.39 is 46.3 Å². The number of halogens is 4. The zero-order valence-corrected chi connectivity index (χ0v) is 25.2. The highest BCUT2D eigenvalue weighted by atomic mass is 19.2. The predicted molar refractivity (Wildman–Crippen MR) is 160 cm³/mol. The van der Waals surface area contributed by atoms with E-state index in [4.69, 9.17) is 18.9 Å². The molecule has 0 radical (unpaired) electrons. The number of carbonyl (C=O) groups excluding carboxylic acids is 2. The summed E-state index contributed by atoms with van der Waals surface area (Å²) >= 11 is 0. The standard InChI is InChI=1S/C34H42F4O6/c1-3-29(39)43-23-15-11-7-5-9-13-21-41-27-19-17-25(31(35)33(27)37)26-18-20-28(34(38)32(26)36)42-22-14-10-6-8-12-16-24-44-30(40)4-2/h3-4,17-20H,1-2,5-16,21-24H2. The normalized spacial score (nSPS) is 10.7. The molecule has 0 amide bonds. The van der Waals surface area contributed by atoms with Crippen molar-refractivity contribution >= 4 is 11.9 Å². The molecule has 0 saturated heterocycles. The van der Waals surface area contributed by atoms with Gasteiger partial charge >= 0.3 is 11.9 Å². The summed E-state index contributed by atoms with van der Waals surface area (Å²) in [6, 6.07) is 4.73. The Morgan fingerprint density at radius 3 is 1.16 bits per heavy atom. The molecule has 0 spiro atoms. The van der Waals surface area contributed by atoms with Gasteiger partial charge in [-0.05, 0) is 49.9 Å². The zero-order chi connectivity index (χ0) is 32.2. The molecule has 0 atom stereocenters. The first-order chi connectivity index (χ1) is 21.3. The molecule has 2 aromatic rings. The van der Waals surface area contributed by atoms with E-state index in [9.17, 15) is 27.2 Å². The number of carbonyl (C=O) groups is 2. The third-order valence-corrected chi connectivity index (χ3v) is 6.80. The quantitative estimate of drug-likeness (QED) is 0.0534. The molecule has 0 aromatic heterocycles. The van der Waals surface area contributed by atoms with Crippen LogP contribution in [-0.2, 0) is 19.1 Å². The third kappa shape index (κ3) is 12.8. The van der Waals surface area contributed by atoms with Crippen molar-refractivity contribution in [3.63, 3.8) is 0 Å². The first-order valence-corrected chi connectivity index (χ1v) is 15.1. The molecule has 0 aliphatic heterocycles. The average molecular weight is 623 g/mol. The van der Waals surface area contributed by atoms with E-state index in [0.717, 1.165) is 88.5 Å². The van der Waals surface area contributed by atoms with Gasteiger partial charge in [-0.15, -0.1) is 0 Å². The van der Waals surface area contributed by atoms with Crippen molar-refractivity contribution in [2.75, 3.05) is 26.4 Å². The second-order valence-electron chi connectivity index (χ2n) is 10.2. The number of hydrogen-bond acceptors (Lipinski definition) is 6. The number of benzene rings is 2. The summed E-state index contributed by atoms with van der Waals surface area (Å²) in [7, 11) is 0. The van der Waals surface area contributed by atoms with E-state index >= 15 is 0 Å². The summed E-state index contributed by atoms with van der Waals surface area (Å²) in [4.78, 5) is 21.9. The van der Waals surface area contributed by atoms with Crippen molar-refractivity contribution in [3.8, 4) is 22.6 Å². The van der Waals surface area contributed by atoms with Crippen LogP contribution in [0.15, 0.2) is 49.6 Å². The van der Waals surface area contributed by atoms with Crippen LogP contribution in [-0.4, -0.2) is 38.4 Å². The maximum atomic E-state index is 14.8. The second-order valence-corrected chi connectivity index (χ2v) is 10.2. The van der Waals surface area contributed by atoms with Crippen LogP contribution in [0.1, 0.15) is 77.0 Å². The fourth-order valence-electron chi connectivity index (χ4n) is 4.35. The van der Waals surface area contributed by atoms with Crippen LogP contribution in [0.25, 0.3) is 11.1 Å². The van der Waals surface area contributed by atoms with Gasteiger partial charge in [-0.25, -0.2) is 18.4 Å². The largest absolute Gasteiger partial charge is 0.490 e. The highest BCUT2D eigenvalue weighted by molar-refractivity contribution is 5.81. The van der Waals surface area contributed by atoms with Crippen LogP contribution in [0.3, 0.4) is 0 Å². The number of hydrogen-bond donors (Lipinski definition) is 0. The number of ether oxygens (including phenoxy) is 4. The van der Waals surface area contributed by atoms with E-state index in [1.165, 1.54) is 12.1 Å². The van der Waals surface area contributed by atoms with Crippen molar-refractivity contribution in [1.82, 2.24) is 0 Å². The van der Waals surface area contributed by atoms with Crippen molar-refractivity contribution in [2.45, 2.75) is 77.0 Å². The van der Waals surface area contributed by atoms with Crippen LogP contribution in [0.5, 0.6) is 11.5 Å². The van der Waals surface area contributed by atoms with Gasteiger partial charge in [-0.1, -0.05) is 64.5 Å². The molecule has 0 aliphatic carbocycles. The van der Waals surface area contributed by atoms with Crippen molar-refractivity contribution in [1.29, 1.82) is 0 Å². The second kappa shape index (κ2) is 21.0. The Hall–Kier alpha value is -3.82. The minimum atomic E-state index is -1.33. The molecule has 0 saturated carbocycles. The predicted octanol–water partition coefficient (Wildman–Crippen LogP) is 8.81. The van der Waals surface area contributed by atoms with Crippen LogP contribution in [0, 0.1) is 23.3 Å². The first-order valence-electron chi connectivity index (χ1n) is 15.1. The summed E-state index contributed by atoms with van der Waals surface area (Å²) in [5.41, 5.74) is -0.841. The molecule has 10 heteroatoms. The van der Waals surface area contributed by atoms with Gasteiger partial charge in [0, 0.05) is 23.3 Å². The topological polar surface area (TPSA) is 71.1 Å². The maximum Gasteiger partial charge on any atom is 0.330 e.